The SMILES string of the molecule is COc1cc(Nc2ccc(N)c(N)n2)ccc1F. The highest BCUT2D eigenvalue weighted by atomic mass is 19.1. The zero-order valence-electron chi connectivity index (χ0n) is 9.77. The lowest BCUT2D eigenvalue weighted by molar-refractivity contribution is 0.387. The van der Waals surface area contributed by atoms with E-state index in [9.17, 15) is 4.39 Å². The molecule has 94 valence electrons. The molecule has 0 saturated carbocycles. The van der Waals surface area contributed by atoms with Crippen LogP contribution >= 0.6 is 0 Å². The molecule has 2 rings (SSSR count). The minimum atomic E-state index is -0.423. The van der Waals surface area contributed by atoms with Gasteiger partial charge in [-0.05, 0) is 24.3 Å². The molecule has 1 aromatic carbocycles. The zero-order chi connectivity index (χ0) is 13.1. The molecule has 0 saturated heterocycles. The van der Waals surface area contributed by atoms with Crippen LogP contribution in [0.5, 0.6) is 5.75 Å². The fourth-order valence-corrected chi connectivity index (χ4v) is 1.44. The van der Waals surface area contributed by atoms with Crippen molar-refractivity contribution < 1.29 is 9.13 Å². The topological polar surface area (TPSA) is 86.2 Å². The predicted molar refractivity (Wildman–Crippen MR) is 69.3 cm³/mol. The van der Waals surface area contributed by atoms with Crippen LogP contribution in [0.25, 0.3) is 0 Å². The Kier molecular flexibility index (Phi) is 3.18. The number of nitrogens with zero attached hydrogens (tertiary/aromatic N) is 1. The van der Waals surface area contributed by atoms with E-state index in [4.69, 9.17) is 16.2 Å². The van der Waals surface area contributed by atoms with E-state index in [-0.39, 0.29) is 11.6 Å². The first kappa shape index (κ1) is 12.0. The standard InChI is InChI=1S/C12H13FN4O/c1-18-10-6-7(2-3-8(10)13)16-11-5-4-9(14)12(15)17-11/h2-6H,14H2,1H3,(H3,15,16,17). The van der Waals surface area contributed by atoms with E-state index >= 15 is 0 Å². The molecule has 6 heteroatoms. The quantitative estimate of drug-likeness (QED) is 0.774. The maximum Gasteiger partial charge on any atom is 0.165 e. The van der Waals surface area contributed by atoms with Crippen molar-refractivity contribution in [1.29, 1.82) is 0 Å². The van der Waals surface area contributed by atoms with Crippen molar-refractivity contribution in [3.05, 3.63) is 36.1 Å². The summed E-state index contributed by atoms with van der Waals surface area (Å²) in [6.07, 6.45) is 0. The molecule has 2 aromatic rings. The van der Waals surface area contributed by atoms with Gasteiger partial charge in [-0.1, -0.05) is 0 Å². The first-order valence-electron chi connectivity index (χ1n) is 5.22. The summed E-state index contributed by atoms with van der Waals surface area (Å²) in [5.74, 6) is 0.501. The lowest BCUT2D eigenvalue weighted by Gasteiger charge is -2.09. The third kappa shape index (κ3) is 2.42. The predicted octanol–water partition coefficient (Wildman–Crippen LogP) is 2.14. The Balaban J connectivity index is 2.25. The molecule has 0 aliphatic heterocycles. The maximum absolute atomic E-state index is 13.2. The Bertz CT molecular complexity index is 574. The van der Waals surface area contributed by atoms with Gasteiger partial charge >= 0.3 is 0 Å². The number of hydrogen-bond donors (Lipinski definition) is 3. The number of halogens is 1. The highest BCUT2D eigenvalue weighted by Crippen LogP contribution is 2.24. The number of anilines is 4. The van der Waals surface area contributed by atoms with Gasteiger partial charge in [-0.15, -0.1) is 0 Å². The smallest absolute Gasteiger partial charge is 0.165 e. The van der Waals surface area contributed by atoms with Crippen LogP contribution < -0.4 is 21.5 Å². The molecule has 5 N–H and O–H groups in total. The fraction of sp³-hybridized carbons (Fsp3) is 0.0833. The molecule has 0 radical (unpaired) electrons. The molecule has 0 amide bonds. The summed E-state index contributed by atoms with van der Waals surface area (Å²) in [6, 6.07) is 7.74. The molecule has 18 heavy (non-hydrogen) atoms. The molecule has 1 aromatic heterocycles. The first-order chi connectivity index (χ1) is 8.60. The summed E-state index contributed by atoms with van der Waals surface area (Å²) < 4.78 is 18.1. The highest BCUT2D eigenvalue weighted by molar-refractivity contribution is 5.65. The second-order valence-electron chi connectivity index (χ2n) is 3.65. The van der Waals surface area contributed by atoms with E-state index in [2.05, 4.69) is 10.3 Å². The summed E-state index contributed by atoms with van der Waals surface area (Å²) in [6.45, 7) is 0. The number of pyridine rings is 1. The number of benzene rings is 1. The number of nitrogens with one attached hydrogen (secondary N) is 1. The molecule has 0 fully saturated rings. The van der Waals surface area contributed by atoms with Crippen LogP contribution in [0.15, 0.2) is 30.3 Å². The zero-order valence-corrected chi connectivity index (χ0v) is 9.77. The van der Waals surface area contributed by atoms with Crippen molar-refractivity contribution in [2.24, 2.45) is 0 Å². The van der Waals surface area contributed by atoms with E-state index in [1.54, 1.807) is 18.2 Å². The number of nitrogens with two attached hydrogens (primary N) is 2. The molecule has 0 spiro atoms. The van der Waals surface area contributed by atoms with E-state index in [1.165, 1.54) is 19.2 Å². The summed E-state index contributed by atoms with van der Waals surface area (Å²) in [5, 5.41) is 2.98. The van der Waals surface area contributed by atoms with Crippen LogP contribution in [0, 0.1) is 5.82 Å². The van der Waals surface area contributed by atoms with Gasteiger partial charge in [0.2, 0.25) is 0 Å². The second kappa shape index (κ2) is 4.79. The van der Waals surface area contributed by atoms with Gasteiger partial charge in [-0.2, -0.15) is 0 Å². The van der Waals surface area contributed by atoms with Gasteiger partial charge in [0, 0.05) is 11.8 Å². The molecule has 1 heterocycles. The van der Waals surface area contributed by atoms with Gasteiger partial charge in [0.15, 0.2) is 11.6 Å². The van der Waals surface area contributed by atoms with Gasteiger partial charge in [-0.25, -0.2) is 9.37 Å². The number of nitrogen functional groups attached to an aromatic ring is 2. The summed E-state index contributed by atoms with van der Waals surface area (Å²) >= 11 is 0. The van der Waals surface area contributed by atoms with Crippen LogP contribution in [-0.2, 0) is 0 Å². The summed E-state index contributed by atoms with van der Waals surface area (Å²) in [7, 11) is 1.40. The fourth-order valence-electron chi connectivity index (χ4n) is 1.44. The lowest BCUT2D eigenvalue weighted by Crippen LogP contribution is -2.01. The first-order valence-corrected chi connectivity index (χ1v) is 5.22. The molecular formula is C12H13FN4O. The lowest BCUT2D eigenvalue weighted by atomic mass is 10.3. The minimum Gasteiger partial charge on any atom is -0.494 e. The van der Waals surface area contributed by atoms with Gasteiger partial charge in [0.1, 0.15) is 11.6 Å². The Morgan fingerprint density at radius 1 is 1.22 bits per heavy atom. The van der Waals surface area contributed by atoms with Crippen LogP contribution in [0.1, 0.15) is 0 Å². The van der Waals surface area contributed by atoms with Crippen LogP contribution in [0.3, 0.4) is 0 Å². The summed E-state index contributed by atoms with van der Waals surface area (Å²) in [4.78, 5) is 4.05. The normalized spacial score (nSPS) is 10.1. The number of hydrogen-bond acceptors (Lipinski definition) is 5. The Hall–Kier alpha value is -2.50. The van der Waals surface area contributed by atoms with Gasteiger partial charge in [0.25, 0.3) is 0 Å². The minimum absolute atomic E-state index is 0.156. The Labute approximate surface area is 104 Å². The largest absolute Gasteiger partial charge is 0.494 e. The van der Waals surface area contributed by atoms with Crippen molar-refractivity contribution in [3.63, 3.8) is 0 Å². The van der Waals surface area contributed by atoms with Crippen LogP contribution in [-0.4, -0.2) is 12.1 Å². The molecular weight excluding hydrogens is 235 g/mol. The third-order valence-electron chi connectivity index (χ3n) is 2.38. The monoisotopic (exact) mass is 248 g/mol. The van der Waals surface area contributed by atoms with E-state index in [0.717, 1.165) is 0 Å². The Morgan fingerprint density at radius 3 is 2.67 bits per heavy atom. The maximum atomic E-state index is 13.2. The number of rotatable bonds is 3. The molecule has 5 nitrogen and oxygen atoms in total. The molecule has 0 atom stereocenters. The number of ether oxygens (including phenoxy) is 1. The van der Waals surface area contributed by atoms with Crippen molar-refractivity contribution in [2.45, 2.75) is 0 Å². The van der Waals surface area contributed by atoms with Gasteiger partial charge in [0.05, 0.1) is 12.8 Å². The summed E-state index contributed by atoms with van der Waals surface area (Å²) in [5.41, 5.74) is 12.2. The molecule has 0 bridgehead atoms. The molecule has 0 aliphatic carbocycles. The molecule has 0 aliphatic rings. The average Bonchev–Trinajstić information content (AvgIpc) is 2.36. The molecule has 0 unspecified atom stereocenters. The average molecular weight is 248 g/mol. The van der Waals surface area contributed by atoms with Crippen molar-refractivity contribution >= 4 is 23.0 Å². The van der Waals surface area contributed by atoms with E-state index in [0.29, 0.717) is 17.2 Å². The van der Waals surface area contributed by atoms with E-state index < -0.39 is 5.82 Å². The third-order valence-corrected chi connectivity index (χ3v) is 2.38. The van der Waals surface area contributed by atoms with E-state index in [1.807, 2.05) is 0 Å². The van der Waals surface area contributed by atoms with Gasteiger partial charge < -0.3 is 21.5 Å². The van der Waals surface area contributed by atoms with Crippen molar-refractivity contribution in [1.82, 2.24) is 4.98 Å². The highest BCUT2D eigenvalue weighted by Gasteiger charge is 2.05. The second-order valence-corrected chi connectivity index (χ2v) is 3.65. The van der Waals surface area contributed by atoms with Crippen LogP contribution in [0.4, 0.5) is 27.4 Å². The van der Waals surface area contributed by atoms with Crippen LogP contribution in [0.2, 0.25) is 0 Å². The Morgan fingerprint density at radius 2 is 2.00 bits per heavy atom. The number of aromatic nitrogens is 1. The van der Waals surface area contributed by atoms with Gasteiger partial charge in [-0.3, -0.25) is 0 Å². The van der Waals surface area contributed by atoms with Crippen molar-refractivity contribution in [2.75, 3.05) is 23.9 Å². The number of methoxy groups -OCH3 is 1. The van der Waals surface area contributed by atoms with Crippen molar-refractivity contribution in [3.8, 4) is 5.75 Å².